The van der Waals surface area contributed by atoms with Crippen LogP contribution in [0.2, 0.25) is 0 Å². The first-order valence-electron chi connectivity index (χ1n) is 13.6. The van der Waals surface area contributed by atoms with E-state index < -0.39 is 0 Å². The van der Waals surface area contributed by atoms with E-state index in [-0.39, 0.29) is 5.41 Å². The van der Waals surface area contributed by atoms with Gasteiger partial charge in [-0.15, -0.1) is 19.7 Å². The second-order valence-electron chi connectivity index (χ2n) is 9.54. The largest absolute Gasteiger partial charge is 0.494 e. The summed E-state index contributed by atoms with van der Waals surface area (Å²) in [6, 6.07) is 25.4. The quantitative estimate of drug-likeness (QED) is 0.0970. The zero-order valence-corrected chi connectivity index (χ0v) is 22.9. The highest BCUT2D eigenvalue weighted by molar-refractivity contribution is 5.52. The number of unbranched alkanes of at least 4 members (excludes halogenated alkanes) is 3. The predicted octanol–water partition coefficient (Wildman–Crippen LogP) is 9.08. The van der Waals surface area contributed by atoms with Gasteiger partial charge in [0.25, 0.3) is 0 Å². The third kappa shape index (κ3) is 8.14. The van der Waals surface area contributed by atoms with Crippen LogP contribution in [0.5, 0.6) is 17.2 Å². The first-order valence-corrected chi connectivity index (χ1v) is 13.6. The maximum atomic E-state index is 5.94. The van der Waals surface area contributed by atoms with Crippen LogP contribution < -0.4 is 14.2 Å². The second kappa shape index (κ2) is 15.5. The summed E-state index contributed by atoms with van der Waals surface area (Å²) < 4.78 is 17.8. The van der Waals surface area contributed by atoms with Gasteiger partial charge in [-0.05, 0) is 98.5 Å². The SMILES string of the molecule is C=CCCCOc1ccc(C(C)(c2ccc(OCCCC=C)cc2)c2ccc(OCCCC=C)cc2)cc1. The molecule has 3 nitrogen and oxygen atoms in total. The molecular weight excluding hydrogens is 468 g/mol. The fourth-order valence-electron chi connectivity index (χ4n) is 4.41. The Bertz CT molecular complexity index is 967. The number of hydrogen-bond acceptors (Lipinski definition) is 3. The van der Waals surface area contributed by atoms with Crippen molar-refractivity contribution in [3.63, 3.8) is 0 Å². The second-order valence-corrected chi connectivity index (χ2v) is 9.54. The van der Waals surface area contributed by atoms with Gasteiger partial charge < -0.3 is 14.2 Å². The van der Waals surface area contributed by atoms with E-state index in [2.05, 4.69) is 99.5 Å². The number of rotatable bonds is 18. The normalized spacial score (nSPS) is 11.0. The molecule has 0 amide bonds. The lowest BCUT2D eigenvalue weighted by Gasteiger charge is -2.32. The van der Waals surface area contributed by atoms with E-state index in [0.717, 1.165) is 55.8 Å². The Morgan fingerprint density at radius 1 is 0.500 bits per heavy atom. The minimum atomic E-state index is -0.371. The van der Waals surface area contributed by atoms with Crippen molar-refractivity contribution in [1.29, 1.82) is 0 Å². The number of hydrogen-bond donors (Lipinski definition) is 0. The van der Waals surface area contributed by atoms with Gasteiger partial charge >= 0.3 is 0 Å². The Morgan fingerprint density at radius 2 is 0.763 bits per heavy atom. The molecule has 0 fully saturated rings. The summed E-state index contributed by atoms with van der Waals surface area (Å²) >= 11 is 0. The molecule has 0 radical (unpaired) electrons. The fraction of sp³-hybridized carbons (Fsp3) is 0.314. The third-order valence-corrected chi connectivity index (χ3v) is 6.76. The Balaban J connectivity index is 1.85. The van der Waals surface area contributed by atoms with Crippen LogP contribution in [0.4, 0.5) is 0 Å². The number of benzene rings is 3. The molecule has 3 heteroatoms. The van der Waals surface area contributed by atoms with E-state index in [9.17, 15) is 0 Å². The van der Waals surface area contributed by atoms with Crippen LogP contribution in [0.1, 0.15) is 62.1 Å². The summed E-state index contributed by atoms with van der Waals surface area (Å²) in [5.74, 6) is 2.64. The summed E-state index contributed by atoms with van der Waals surface area (Å²) in [6.07, 6.45) is 11.5. The summed E-state index contributed by atoms with van der Waals surface area (Å²) in [6.45, 7) is 15.7. The first-order chi connectivity index (χ1) is 18.6. The van der Waals surface area contributed by atoms with E-state index in [1.165, 1.54) is 16.7 Å². The van der Waals surface area contributed by atoms with Crippen molar-refractivity contribution < 1.29 is 14.2 Å². The Morgan fingerprint density at radius 3 is 1.00 bits per heavy atom. The Kier molecular flexibility index (Phi) is 11.8. The molecule has 0 saturated heterocycles. The highest BCUT2D eigenvalue weighted by Gasteiger charge is 2.31. The topological polar surface area (TPSA) is 27.7 Å². The molecule has 3 aromatic rings. The molecule has 3 rings (SSSR count). The highest BCUT2D eigenvalue weighted by atomic mass is 16.5. The molecule has 0 saturated carbocycles. The zero-order valence-electron chi connectivity index (χ0n) is 22.9. The molecule has 0 aliphatic heterocycles. The van der Waals surface area contributed by atoms with Gasteiger partial charge in [-0.2, -0.15) is 0 Å². The van der Waals surface area contributed by atoms with E-state index in [4.69, 9.17) is 14.2 Å². The molecule has 0 bridgehead atoms. The van der Waals surface area contributed by atoms with Crippen molar-refractivity contribution in [2.45, 2.75) is 50.9 Å². The van der Waals surface area contributed by atoms with Gasteiger partial charge in [0.1, 0.15) is 17.2 Å². The standard InChI is InChI=1S/C35H42O3/c1-5-8-11-26-36-32-20-14-29(15-21-32)35(4,30-16-22-33(23-17-30)37-27-12-9-6-2)31-18-24-34(25-19-31)38-28-13-10-7-3/h5-7,14-25H,1-3,8-13,26-28H2,4H3. The maximum Gasteiger partial charge on any atom is 0.119 e. The van der Waals surface area contributed by atoms with Gasteiger partial charge in [-0.25, -0.2) is 0 Å². The summed E-state index contributed by atoms with van der Waals surface area (Å²) in [5, 5.41) is 0. The molecule has 0 aliphatic rings. The molecular formula is C35H42O3. The maximum absolute atomic E-state index is 5.94. The molecule has 0 spiro atoms. The van der Waals surface area contributed by atoms with Crippen LogP contribution in [0.25, 0.3) is 0 Å². The number of allylic oxidation sites excluding steroid dienone is 3. The van der Waals surface area contributed by atoms with E-state index in [1.54, 1.807) is 0 Å². The van der Waals surface area contributed by atoms with Crippen LogP contribution in [-0.2, 0) is 5.41 Å². The van der Waals surface area contributed by atoms with Gasteiger partial charge in [0.05, 0.1) is 19.8 Å². The molecule has 0 unspecified atom stereocenters. The molecule has 38 heavy (non-hydrogen) atoms. The number of ether oxygens (including phenoxy) is 3. The minimum absolute atomic E-state index is 0.371. The third-order valence-electron chi connectivity index (χ3n) is 6.76. The average Bonchev–Trinajstić information content (AvgIpc) is 2.96. The highest BCUT2D eigenvalue weighted by Crippen LogP contribution is 2.40. The molecule has 0 atom stereocenters. The van der Waals surface area contributed by atoms with Crippen molar-refractivity contribution >= 4 is 0 Å². The van der Waals surface area contributed by atoms with Gasteiger partial charge in [0, 0.05) is 5.41 Å². The van der Waals surface area contributed by atoms with Crippen LogP contribution in [0, 0.1) is 0 Å². The van der Waals surface area contributed by atoms with E-state index in [0.29, 0.717) is 19.8 Å². The van der Waals surface area contributed by atoms with Crippen molar-refractivity contribution in [1.82, 2.24) is 0 Å². The van der Waals surface area contributed by atoms with Gasteiger partial charge in [0.2, 0.25) is 0 Å². The lowest BCUT2D eigenvalue weighted by molar-refractivity contribution is 0.312. The lowest BCUT2D eigenvalue weighted by atomic mass is 9.71. The van der Waals surface area contributed by atoms with Gasteiger partial charge in [0.15, 0.2) is 0 Å². The van der Waals surface area contributed by atoms with Gasteiger partial charge in [-0.1, -0.05) is 54.6 Å². The summed E-state index contributed by atoms with van der Waals surface area (Å²) in [5.41, 5.74) is 3.20. The van der Waals surface area contributed by atoms with Crippen LogP contribution in [-0.4, -0.2) is 19.8 Å². The van der Waals surface area contributed by atoms with Crippen LogP contribution >= 0.6 is 0 Å². The predicted molar refractivity (Wildman–Crippen MR) is 160 cm³/mol. The Hall–Kier alpha value is -3.72. The average molecular weight is 511 g/mol. The molecule has 0 N–H and O–H groups in total. The van der Waals surface area contributed by atoms with Crippen LogP contribution in [0.15, 0.2) is 111 Å². The minimum Gasteiger partial charge on any atom is -0.494 e. The van der Waals surface area contributed by atoms with Crippen LogP contribution in [0.3, 0.4) is 0 Å². The first kappa shape index (κ1) is 28.8. The molecule has 3 aromatic carbocycles. The zero-order chi connectivity index (χ0) is 27.1. The summed E-state index contributed by atoms with van der Waals surface area (Å²) in [4.78, 5) is 0. The van der Waals surface area contributed by atoms with Gasteiger partial charge in [-0.3, -0.25) is 0 Å². The van der Waals surface area contributed by atoms with Crippen molar-refractivity contribution in [3.8, 4) is 17.2 Å². The lowest BCUT2D eigenvalue weighted by Crippen LogP contribution is -2.25. The molecule has 0 aliphatic carbocycles. The van der Waals surface area contributed by atoms with Crippen molar-refractivity contribution in [2.24, 2.45) is 0 Å². The monoisotopic (exact) mass is 510 g/mol. The van der Waals surface area contributed by atoms with E-state index in [1.807, 2.05) is 18.2 Å². The van der Waals surface area contributed by atoms with Crippen molar-refractivity contribution in [2.75, 3.05) is 19.8 Å². The van der Waals surface area contributed by atoms with E-state index >= 15 is 0 Å². The van der Waals surface area contributed by atoms with Crippen molar-refractivity contribution in [3.05, 3.63) is 127 Å². The molecule has 200 valence electrons. The smallest absolute Gasteiger partial charge is 0.119 e. The Labute approximate surface area is 229 Å². The summed E-state index contributed by atoms with van der Waals surface area (Å²) in [7, 11) is 0. The molecule has 0 aromatic heterocycles. The fourth-order valence-corrected chi connectivity index (χ4v) is 4.41. The molecule has 0 heterocycles.